The molecular weight excluding hydrogens is 396 g/mol. The highest BCUT2D eigenvalue weighted by Gasteiger charge is 2.11. The third-order valence-corrected chi connectivity index (χ3v) is 3.77. The van der Waals surface area contributed by atoms with E-state index in [4.69, 9.17) is 0 Å². The lowest BCUT2D eigenvalue weighted by Gasteiger charge is -2.08. The Morgan fingerprint density at radius 3 is 2.55 bits per heavy atom. The van der Waals surface area contributed by atoms with Gasteiger partial charge in [0.25, 0.3) is 5.91 Å². The molecule has 104 valence electrons. The maximum absolute atomic E-state index is 13.4. The molecule has 0 aromatic heterocycles. The summed E-state index contributed by atoms with van der Waals surface area (Å²) in [6.07, 6.45) is 0. The lowest BCUT2D eigenvalue weighted by atomic mass is 10.2. The van der Waals surface area contributed by atoms with Crippen LogP contribution in [-0.2, 0) is 6.54 Å². The molecular formula is C14H9Br2F2NO. The second-order valence-corrected chi connectivity index (χ2v) is 5.81. The Bertz CT molecular complexity index is 662. The monoisotopic (exact) mass is 403 g/mol. The van der Waals surface area contributed by atoms with Crippen LogP contribution in [0.5, 0.6) is 0 Å². The summed E-state index contributed by atoms with van der Waals surface area (Å²) < 4.78 is 27.9. The number of amides is 1. The minimum Gasteiger partial charge on any atom is -0.348 e. The molecule has 1 N–H and O–H groups in total. The third-order valence-electron chi connectivity index (χ3n) is 2.62. The standard InChI is InChI=1S/C14H9Br2F2NO/c15-9-1-3-11(12(16)6-9)14(20)19-7-8-5-10(17)2-4-13(8)18/h1-6H,7H2,(H,19,20). The molecule has 0 unspecified atom stereocenters. The Morgan fingerprint density at radius 2 is 1.85 bits per heavy atom. The Morgan fingerprint density at radius 1 is 1.10 bits per heavy atom. The highest BCUT2D eigenvalue weighted by atomic mass is 79.9. The summed E-state index contributed by atoms with van der Waals surface area (Å²) in [7, 11) is 0. The zero-order chi connectivity index (χ0) is 14.7. The average Bonchev–Trinajstić information content (AvgIpc) is 2.39. The molecule has 0 bridgehead atoms. The zero-order valence-corrected chi connectivity index (χ0v) is 13.3. The summed E-state index contributed by atoms with van der Waals surface area (Å²) >= 11 is 6.56. The van der Waals surface area contributed by atoms with Crippen LogP contribution in [0.25, 0.3) is 0 Å². The minimum absolute atomic E-state index is 0.0784. The molecule has 2 aromatic rings. The Labute approximate surface area is 131 Å². The Kier molecular flexibility index (Phi) is 4.88. The van der Waals surface area contributed by atoms with Crippen molar-refractivity contribution in [3.8, 4) is 0 Å². The van der Waals surface area contributed by atoms with E-state index in [1.165, 1.54) is 0 Å². The summed E-state index contributed by atoms with van der Waals surface area (Å²) in [6.45, 7) is -0.0784. The average molecular weight is 405 g/mol. The predicted molar refractivity (Wildman–Crippen MR) is 79.4 cm³/mol. The van der Waals surface area contributed by atoms with Gasteiger partial charge in [-0.2, -0.15) is 0 Å². The molecule has 0 atom stereocenters. The van der Waals surface area contributed by atoms with Crippen molar-refractivity contribution in [1.82, 2.24) is 5.32 Å². The molecule has 0 saturated carbocycles. The van der Waals surface area contributed by atoms with Crippen LogP contribution in [0.4, 0.5) is 8.78 Å². The van der Waals surface area contributed by atoms with E-state index in [1.807, 2.05) is 0 Å². The molecule has 2 nitrogen and oxygen atoms in total. The van der Waals surface area contributed by atoms with E-state index in [9.17, 15) is 13.6 Å². The van der Waals surface area contributed by atoms with Crippen molar-refractivity contribution in [1.29, 1.82) is 0 Å². The molecule has 0 aliphatic carbocycles. The predicted octanol–water partition coefficient (Wildman–Crippen LogP) is 4.42. The van der Waals surface area contributed by atoms with Gasteiger partial charge in [-0.25, -0.2) is 8.78 Å². The molecule has 0 fully saturated rings. The number of hydrogen-bond donors (Lipinski definition) is 1. The second-order valence-electron chi connectivity index (χ2n) is 4.04. The molecule has 2 rings (SSSR count). The molecule has 0 saturated heterocycles. The number of rotatable bonds is 3. The van der Waals surface area contributed by atoms with E-state index in [0.717, 1.165) is 22.7 Å². The molecule has 6 heteroatoms. The molecule has 20 heavy (non-hydrogen) atoms. The van der Waals surface area contributed by atoms with E-state index in [2.05, 4.69) is 37.2 Å². The van der Waals surface area contributed by atoms with Crippen molar-refractivity contribution in [2.24, 2.45) is 0 Å². The smallest absolute Gasteiger partial charge is 0.252 e. The Balaban J connectivity index is 2.10. The van der Waals surface area contributed by atoms with Crippen molar-refractivity contribution in [2.75, 3.05) is 0 Å². The first-order valence-corrected chi connectivity index (χ1v) is 7.23. The van der Waals surface area contributed by atoms with Crippen LogP contribution in [-0.4, -0.2) is 5.91 Å². The number of benzene rings is 2. The summed E-state index contributed by atoms with van der Waals surface area (Å²) in [4.78, 5) is 12.0. The molecule has 0 radical (unpaired) electrons. The van der Waals surface area contributed by atoms with E-state index in [1.54, 1.807) is 18.2 Å². The Hall–Kier alpha value is -1.27. The first kappa shape index (κ1) is 15.1. The summed E-state index contributed by atoms with van der Waals surface area (Å²) in [6, 6.07) is 8.22. The van der Waals surface area contributed by atoms with Gasteiger partial charge in [0.2, 0.25) is 0 Å². The fraction of sp³-hybridized carbons (Fsp3) is 0.0714. The van der Waals surface area contributed by atoms with Gasteiger partial charge in [0.05, 0.1) is 5.56 Å². The van der Waals surface area contributed by atoms with Crippen LogP contribution in [0, 0.1) is 11.6 Å². The number of hydrogen-bond acceptors (Lipinski definition) is 1. The highest BCUT2D eigenvalue weighted by molar-refractivity contribution is 9.11. The molecule has 0 spiro atoms. The van der Waals surface area contributed by atoms with Crippen molar-refractivity contribution in [2.45, 2.75) is 6.54 Å². The molecule has 0 aliphatic heterocycles. The van der Waals surface area contributed by atoms with Gasteiger partial charge in [-0.05, 0) is 52.3 Å². The largest absolute Gasteiger partial charge is 0.348 e. The molecule has 0 aliphatic rings. The molecule has 1 amide bonds. The van der Waals surface area contributed by atoms with Gasteiger partial charge in [0.15, 0.2) is 0 Å². The van der Waals surface area contributed by atoms with Crippen molar-refractivity contribution < 1.29 is 13.6 Å². The van der Waals surface area contributed by atoms with Gasteiger partial charge in [-0.1, -0.05) is 15.9 Å². The van der Waals surface area contributed by atoms with Gasteiger partial charge in [0.1, 0.15) is 11.6 Å². The van der Waals surface area contributed by atoms with E-state index < -0.39 is 11.6 Å². The summed E-state index contributed by atoms with van der Waals surface area (Å²) in [5.41, 5.74) is 0.525. The second kappa shape index (κ2) is 6.45. The highest BCUT2D eigenvalue weighted by Crippen LogP contribution is 2.22. The normalized spacial score (nSPS) is 10.4. The number of nitrogens with one attached hydrogen (secondary N) is 1. The maximum atomic E-state index is 13.4. The van der Waals surface area contributed by atoms with Crippen LogP contribution in [0.15, 0.2) is 45.3 Å². The zero-order valence-electron chi connectivity index (χ0n) is 10.1. The van der Waals surface area contributed by atoms with Crippen LogP contribution in [0.3, 0.4) is 0 Å². The lowest BCUT2D eigenvalue weighted by molar-refractivity contribution is 0.0949. The van der Waals surface area contributed by atoms with Gasteiger partial charge in [-0.3, -0.25) is 4.79 Å². The molecule has 2 aromatic carbocycles. The summed E-state index contributed by atoms with van der Waals surface area (Å²) in [5, 5.41) is 2.55. The van der Waals surface area contributed by atoms with Crippen LogP contribution in [0.1, 0.15) is 15.9 Å². The fourth-order valence-electron chi connectivity index (χ4n) is 1.62. The van der Waals surface area contributed by atoms with E-state index in [-0.39, 0.29) is 18.0 Å². The molecule has 0 heterocycles. The topological polar surface area (TPSA) is 29.1 Å². The lowest BCUT2D eigenvalue weighted by Crippen LogP contribution is -2.23. The number of carbonyl (C=O) groups is 1. The van der Waals surface area contributed by atoms with Gasteiger partial charge >= 0.3 is 0 Å². The van der Waals surface area contributed by atoms with Crippen LogP contribution < -0.4 is 5.32 Å². The van der Waals surface area contributed by atoms with Crippen molar-refractivity contribution in [3.63, 3.8) is 0 Å². The number of halogens is 4. The van der Waals surface area contributed by atoms with Crippen molar-refractivity contribution >= 4 is 37.8 Å². The van der Waals surface area contributed by atoms with Crippen molar-refractivity contribution in [3.05, 3.63) is 68.1 Å². The first-order chi connectivity index (χ1) is 9.47. The van der Waals surface area contributed by atoms with Gasteiger partial charge < -0.3 is 5.32 Å². The van der Waals surface area contributed by atoms with Gasteiger partial charge in [0, 0.05) is 21.1 Å². The summed E-state index contributed by atoms with van der Waals surface area (Å²) in [5.74, 6) is -1.46. The quantitative estimate of drug-likeness (QED) is 0.805. The number of carbonyl (C=O) groups excluding carboxylic acids is 1. The van der Waals surface area contributed by atoms with Crippen LogP contribution >= 0.6 is 31.9 Å². The first-order valence-electron chi connectivity index (χ1n) is 5.64. The minimum atomic E-state index is -0.554. The van der Waals surface area contributed by atoms with Gasteiger partial charge in [-0.15, -0.1) is 0 Å². The third kappa shape index (κ3) is 3.64. The SMILES string of the molecule is O=C(NCc1cc(F)ccc1F)c1ccc(Br)cc1Br. The maximum Gasteiger partial charge on any atom is 0.252 e. The van der Waals surface area contributed by atoms with E-state index in [0.29, 0.717) is 10.0 Å². The van der Waals surface area contributed by atoms with Crippen LogP contribution in [0.2, 0.25) is 0 Å². The fourth-order valence-corrected chi connectivity index (χ4v) is 2.85. The van der Waals surface area contributed by atoms with E-state index >= 15 is 0 Å².